The lowest BCUT2D eigenvalue weighted by Gasteiger charge is -2.21. The van der Waals surface area contributed by atoms with Crippen LogP contribution in [-0.2, 0) is 14.6 Å². The molecule has 0 aliphatic carbocycles. The first-order valence-corrected chi connectivity index (χ1v) is 9.25. The summed E-state index contributed by atoms with van der Waals surface area (Å²) in [7, 11) is -3.95. The van der Waals surface area contributed by atoms with E-state index in [0.717, 1.165) is 0 Å². The summed E-state index contributed by atoms with van der Waals surface area (Å²) in [6, 6.07) is 6.99. The van der Waals surface area contributed by atoms with E-state index in [1.165, 1.54) is 20.8 Å². The molecular formula is C17H19NO6S. The fraction of sp³-hybridized carbons (Fsp3) is 0.353. The van der Waals surface area contributed by atoms with Crippen molar-refractivity contribution in [3.8, 4) is 0 Å². The molecule has 25 heavy (non-hydrogen) atoms. The van der Waals surface area contributed by atoms with Crippen LogP contribution in [0.5, 0.6) is 0 Å². The number of aliphatic hydroxyl groups is 1. The summed E-state index contributed by atoms with van der Waals surface area (Å²) < 4.78 is 25.3. The number of carbonyl (C=O) groups excluding carboxylic acids is 1. The predicted octanol–water partition coefficient (Wildman–Crippen LogP) is 2.54. The molecule has 1 aromatic carbocycles. The summed E-state index contributed by atoms with van der Waals surface area (Å²) in [5, 5.41) is 21.2. The molecule has 1 aliphatic heterocycles. The number of carbonyl (C=O) groups is 1. The van der Waals surface area contributed by atoms with Crippen LogP contribution in [0.1, 0.15) is 32.3 Å². The maximum absolute atomic E-state index is 12.7. The Morgan fingerprint density at radius 2 is 1.84 bits per heavy atom. The molecule has 1 N–H and O–H groups in total. The van der Waals surface area contributed by atoms with Gasteiger partial charge in [-0.2, -0.15) is 0 Å². The Bertz CT molecular complexity index is 879. The number of sulfone groups is 1. The summed E-state index contributed by atoms with van der Waals surface area (Å²) in [5.41, 5.74) is 0.495. The molecule has 1 heterocycles. The zero-order valence-electron chi connectivity index (χ0n) is 14.1. The zero-order chi connectivity index (χ0) is 18.9. The van der Waals surface area contributed by atoms with Crippen LogP contribution in [-0.4, -0.2) is 36.0 Å². The van der Waals surface area contributed by atoms with Gasteiger partial charge < -0.3 is 5.11 Å². The number of rotatable bonds is 5. The maximum atomic E-state index is 12.7. The largest absolute Gasteiger partial charge is 0.512 e. The molecule has 0 bridgehead atoms. The van der Waals surface area contributed by atoms with Crippen molar-refractivity contribution in [1.29, 1.82) is 0 Å². The molecule has 1 aliphatic rings. The van der Waals surface area contributed by atoms with E-state index in [2.05, 4.69) is 0 Å². The van der Waals surface area contributed by atoms with E-state index in [1.807, 2.05) is 0 Å². The normalized spacial score (nSPS) is 21.6. The van der Waals surface area contributed by atoms with Crippen molar-refractivity contribution < 1.29 is 23.2 Å². The van der Waals surface area contributed by atoms with Crippen molar-refractivity contribution in [3.05, 3.63) is 67.8 Å². The lowest BCUT2D eigenvalue weighted by atomic mass is 9.85. The van der Waals surface area contributed by atoms with Gasteiger partial charge in [-0.05, 0) is 26.3 Å². The first kappa shape index (κ1) is 18.9. The summed E-state index contributed by atoms with van der Waals surface area (Å²) in [4.78, 5) is 22.5. The Labute approximate surface area is 145 Å². The van der Waals surface area contributed by atoms with Crippen LogP contribution in [0.3, 0.4) is 0 Å². The van der Waals surface area contributed by atoms with Crippen LogP contribution in [0, 0.1) is 10.1 Å². The van der Waals surface area contributed by atoms with Crippen LogP contribution < -0.4 is 0 Å². The minimum absolute atomic E-state index is 0.0758. The van der Waals surface area contributed by atoms with Crippen LogP contribution in [0.15, 0.2) is 52.1 Å². The molecule has 1 aromatic rings. The standard InChI is InChI=1S/C17H19NO6S/c1-10-14(18(21)22)9-25(23,24)17(10)16(13-7-5-4-6-8-13)15(11(2)19)12(3)20/h4-8,14,16,19H,9H2,1-3H3/b15-11-/t14-,16-/m0/s1. The highest BCUT2D eigenvalue weighted by atomic mass is 32.2. The van der Waals surface area contributed by atoms with Crippen molar-refractivity contribution in [2.45, 2.75) is 32.7 Å². The number of aliphatic hydroxyl groups excluding tert-OH is 1. The monoisotopic (exact) mass is 365 g/mol. The van der Waals surface area contributed by atoms with Crippen molar-refractivity contribution in [2.75, 3.05) is 5.75 Å². The molecule has 0 unspecified atom stereocenters. The minimum atomic E-state index is -3.95. The molecule has 8 heteroatoms. The number of nitrogens with zero attached hydrogens (tertiary/aromatic N) is 1. The summed E-state index contributed by atoms with van der Waals surface area (Å²) in [5.74, 6) is -2.51. The third-order valence-electron chi connectivity index (χ3n) is 4.31. The van der Waals surface area contributed by atoms with Gasteiger partial charge in [-0.15, -0.1) is 0 Å². The molecule has 0 radical (unpaired) electrons. The highest BCUT2D eigenvalue weighted by Gasteiger charge is 2.47. The highest BCUT2D eigenvalue weighted by molar-refractivity contribution is 7.95. The predicted molar refractivity (Wildman–Crippen MR) is 92.5 cm³/mol. The lowest BCUT2D eigenvalue weighted by molar-refractivity contribution is -0.505. The number of Topliss-reactive ketones (excluding diaryl/α,β-unsaturated/α-hetero) is 1. The fourth-order valence-electron chi connectivity index (χ4n) is 3.22. The van der Waals surface area contributed by atoms with Gasteiger partial charge in [-0.25, -0.2) is 8.42 Å². The van der Waals surface area contributed by atoms with E-state index in [1.54, 1.807) is 30.3 Å². The van der Waals surface area contributed by atoms with Crippen LogP contribution >= 0.6 is 0 Å². The van der Waals surface area contributed by atoms with Gasteiger partial charge in [0.15, 0.2) is 15.6 Å². The van der Waals surface area contributed by atoms with Crippen LogP contribution in [0.2, 0.25) is 0 Å². The first-order chi connectivity index (χ1) is 11.6. The van der Waals surface area contributed by atoms with Gasteiger partial charge >= 0.3 is 0 Å². The number of hydrogen-bond acceptors (Lipinski definition) is 6. The van der Waals surface area contributed by atoms with Gasteiger partial charge in [0.2, 0.25) is 6.04 Å². The van der Waals surface area contributed by atoms with Crippen LogP contribution in [0.25, 0.3) is 0 Å². The quantitative estimate of drug-likeness (QED) is 0.371. The number of hydrogen-bond donors (Lipinski definition) is 1. The molecule has 0 amide bonds. The number of nitro groups is 1. The van der Waals surface area contributed by atoms with E-state index in [9.17, 15) is 28.4 Å². The smallest absolute Gasteiger partial charge is 0.249 e. The molecule has 0 spiro atoms. The third-order valence-corrected chi connectivity index (χ3v) is 6.29. The molecule has 0 aromatic heterocycles. The molecule has 7 nitrogen and oxygen atoms in total. The topological polar surface area (TPSA) is 115 Å². The number of benzene rings is 1. The summed E-state index contributed by atoms with van der Waals surface area (Å²) >= 11 is 0. The van der Waals surface area contributed by atoms with Crippen molar-refractivity contribution >= 4 is 15.6 Å². The van der Waals surface area contributed by atoms with Crippen molar-refractivity contribution in [3.63, 3.8) is 0 Å². The second-order valence-corrected chi connectivity index (χ2v) is 8.03. The van der Waals surface area contributed by atoms with Gasteiger partial charge in [-0.1, -0.05) is 30.3 Å². The zero-order valence-corrected chi connectivity index (χ0v) is 14.9. The first-order valence-electron chi connectivity index (χ1n) is 7.60. The minimum Gasteiger partial charge on any atom is -0.512 e. The average molecular weight is 365 g/mol. The molecule has 2 atom stereocenters. The van der Waals surface area contributed by atoms with Gasteiger partial charge in [0.1, 0.15) is 5.75 Å². The van der Waals surface area contributed by atoms with Gasteiger partial charge in [-0.3, -0.25) is 14.9 Å². The van der Waals surface area contributed by atoms with Gasteiger partial charge in [0.25, 0.3) is 0 Å². The summed E-state index contributed by atoms with van der Waals surface area (Å²) in [6.07, 6.45) is 0. The van der Waals surface area contributed by atoms with Gasteiger partial charge in [0, 0.05) is 16.1 Å². The molecule has 2 rings (SSSR count). The molecular weight excluding hydrogens is 346 g/mol. The van der Waals surface area contributed by atoms with E-state index in [0.29, 0.717) is 5.56 Å². The average Bonchev–Trinajstić information content (AvgIpc) is 2.75. The second kappa shape index (κ2) is 6.79. The molecule has 0 saturated carbocycles. The lowest BCUT2D eigenvalue weighted by Crippen LogP contribution is -2.23. The van der Waals surface area contributed by atoms with E-state index >= 15 is 0 Å². The Morgan fingerprint density at radius 1 is 1.28 bits per heavy atom. The Morgan fingerprint density at radius 3 is 2.24 bits per heavy atom. The van der Waals surface area contributed by atoms with Crippen molar-refractivity contribution in [1.82, 2.24) is 0 Å². The van der Waals surface area contributed by atoms with Gasteiger partial charge in [0.05, 0.1) is 16.6 Å². The molecule has 0 saturated heterocycles. The number of allylic oxidation sites excluding steroid dienone is 3. The van der Waals surface area contributed by atoms with Crippen molar-refractivity contribution in [2.24, 2.45) is 0 Å². The Hall–Kier alpha value is -2.48. The Balaban J connectivity index is 2.83. The third kappa shape index (κ3) is 3.48. The SMILES string of the molecule is CC(=O)/C(=C(\C)O)[C@@H](C1=C(C)[C@@H]([N+](=O)[O-])CS1(=O)=O)c1ccccc1. The molecule has 134 valence electrons. The van der Waals surface area contributed by atoms with Crippen LogP contribution in [0.4, 0.5) is 0 Å². The number of ketones is 1. The van der Waals surface area contributed by atoms with E-state index < -0.39 is 38.3 Å². The molecule has 0 fully saturated rings. The highest BCUT2D eigenvalue weighted by Crippen LogP contribution is 2.43. The fourth-order valence-corrected chi connectivity index (χ4v) is 5.43. The van der Waals surface area contributed by atoms with E-state index in [4.69, 9.17) is 0 Å². The van der Waals surface area contributed by atoms with E-state index in [-0.39, 0.29) is 21.8 Å². The second-order valence-electron chi connectivity index (χ2n) is 6.03. The maximum Gasteiger partial charge on any atom is 0.249 e. The summed E-state index contributed by atoms with van der Waals surface area (Å²) in [6.45, 7) is 3.93. The Kier molecular flexibility index (Phi) is 5.12.